The number of carbonyl (C=O) groups excluding carboxylic acids is 1. The third-order valence-electron chi connectivity index (χ3n) is 4.88. The van der Waals surface area contributed by atoms with Crippen molar-refractivity contribution in [2.75, 3.05) is 31.8 Å². The van der Waals surface area contributed by atoms with E-state index in [1.807, 2.05) is 54.6 Å². The van der Waals surface area contributed by atoms with Gasteiger partial charge in [-0.05, 0) is 35.3 Å². The van der Waals surface area contributed by atoms with Gasteiger partial charge in [-0.15, -0.1) is 0 Å². The fourth-order valence-electron chi connectivity index (χ4n) is 3.40. The van der Waals surface area contributed by atoms with E-state index in [1.165, 1.54) is 6.08 Å². The summed E-state index contributed by atoms with van der Waals surface area (Å²) in [7, 11) is -1.49. The number of methoxy groups -OCH3 is 1. The molecule has 0 spiro atoms. The first-order valence-corrected chi connectivity index (χ1v) is 11.1. The summed E-state index contributed by atoms with van der Waals surface area (Å²) in [6, 6.07) is 17.7. The Morgan fingerprint density at radius 1 is 1.14 bits per heavy atom. The Morgan fingerprint density at radius 2 is 1.89 bits per heavy atom. The van der Waals surface area contributed by atoms with Crippen molar-refractivity contribution in [2.45, 2.75) is 12.5 Å². The highest BCUT2D eigenvalue weighted by Crippen LogP contribution is 2.21. The molecule has 1 aliphatic rings. The van der Waals surface area contributed by atoms with Gasteiger partial charge in [-0.3, -0.25) is 4.79 Å². The summed E-state index contributed by atoms with van der Waals surface area (Å²) in [5.41, 5.74) is 3.11. The van der Waals surface area contributed by atoms with E-state index in [0.717, 1.165) is 16.7 Å². The summed E-state index contributed by atoms with van der Waals surface area (Å²) in [5.74, 6) is -0.0268. The van der Waals surface area contributed by atoms with Gasteiger partial charge in [0, 0.05) is 25.8 Å². The highest BCUT2D eigenvalue weighted by atomic mass is 32.2. The van der Waals surface area contributed by atoms with Gasteiger partial charge in [0.05, 0.1) is 18.1 Å². The number of carbonyl (C=O) groups is 1. The second-order valence-electron chi connectivity index (χ2n) is 6.91. The second kappa shape index (κ2) is 9.17. The summed E-state index contributed by atoms with van der Waals surface area (Å²) in [6.45, 7) is 0.754. The van der Waals surface area contributed by atoms with E-state index in [0.29, 0.717) is 19.6 Å². The zero-order valence-electron chi connectivity index (χ0n) is 16.0. The van der Waals surface area contributed by atoms with Gasteiger partial charge in [0.1, 0.15) is 0 Å². The zero-order chi connectivity index (χ0) is 20.0. The predicted octanol–water partition coefficient (Wildman–Crippen LogP) is 3.03. The molecule has 0 bridgehead atoms. The van der Waals surface area contributed by atoms with Crippen LogP contribution in [0.2, 0.25) is 0 Å². The summed E-state index contributed by atoms with van der Waals surface area (Å²) in [5, 5.41) is 0. The lowest BCUT2D eigenvalue weighted by atomic mass is 10.0. The maximum Gasteiger partial charge on any atom is 0.246 e. The van der Waals surface area contributed by atoms with Crippen molar-refractivity contribution in [3.63, 3.8) is 0 Å². The minimum atomic E-state index is -3.06. The minimum absolute atomic E-state index is 0.0276. The summed E-state index contributed by atoms with van der Waals surface area (Å²) < 4.78 is 28.7. The van der Waals surface area contributed by atoms with Crippen LogP contribution >= 0.6 is 0 Å². The number of amides is 1. The average molecular weight is 400 g/mol. The number of hydrogen-bond acceptors (Lipinski definition) is 4. The Hall–Kier alpha value is -2.44. The molecule has 2 aromatic carbocycles. The standard InChI is InChI=1S/C22H25NO4S/c1-27-14-13-23(21-12-15-28(25,26)17-21)22(24)11-10-18-6-5-9-20(16-18)19-7-3-2-4-8-19/h2-11,16,21H,12-15,17H2,1H3/b11-10+. The van der Waals surface area contributed by atoms with Gasteiger partial charge in [0.2, 0.25) is 5.91 Å². The van der Waals surface area contributed by atoms with Crippen molar-refractivity contribution in [3.05, 3.63) is 66.2 Å². The average Bonchev–Trinajstić information content (AvgIpc) is 3.07. The quantitative estimate of drug-likeness (QED) is 0.672. The molecular weight excluding hydrogens is 374 g/mol. The molecule has 1 fully saturated rings. The van der Waals surface area contributed by atoms with Gasteiger partial charge in [-0.25, -0.2) is 8.42 Å². The maximum atomic E-state index is 12.8. The van der Waals surface area contributed by atoms with E-state index in [-0.39, 0.29) is 23.5 Å². The van der Waals surface area contributed by atoms with Crippen molar-refractivity contribution >= 4 is 21.8 Å². The van der Waals surface area contributed by atoms with E-state index in [1.54, 1.807) is 18.1 Å². The van der Waals surface area contributed by atoms with Crippen LogP contribution in [0.4, 0.5) is 0 Å². The highest BCUT2D eigenvalue weighted by Gasteiger charge is 2.33. The molecule has 1 atom stereocenters. The molecule has 1 unspecified atom stereocenters. The lowest BCUT2D eigenvalue weighted by molar-refractivity contribution is -0.128. The van der Waals surface area contributed by atoms with E-state index >= 15 is 0 Å². The monoisotopic (exact) mass is 399 g/mol. The topological polar surface area (TPSA) is 63.7 Å². The highest BCUT2D eigenvalue weighted by molar-refractivity contribution is 7.91. The van der Waals surface area contributed by atoms with E-state index in [9.17, 15) is 13.2 Å². The van der Waals surface area contributed by atoms with E-state index < -0.39 is 9.84 Å². The molecule has 0 aromatic heterocycles. The molecule has 0 radical (unpaired) electrons. The van der Waals surface area contributed by atoms with Gasteiger partial charge in [0.25, 0.3) is 0 Å². The molecule has 0 N–H and O–H groups in total. The molecule has 1 saturated heterocycles. The fourth-order valence-corrected chi connectivity index (χ4v) is 5.13. The SMILES string of the molecule is COCCN(C(=O)/C=C/c1cccc(-c2ccccc2)c1)C1CCS(=O)(=O)C1. The van der Waals surface area contributed by atoms with Crippen LogP contribution in [0.15, 0.2) is 60.7 Å². The molecule has 1 amide bonds. The normalized spacial score (nSPS) is 18.4. The summed E-state index contributed by atoms with van der Waals surface area (Å²) >= 11 is 0. The predicted molar refractivity (Wildman–Crippen MR) is 112 cm³/mol. The van der Waals surface area contributed by atoms with Crippen LogP contribution in [0, 0.1) is 0 Å². The molecule has 5 nitrogen and oxygen atoms in total. The largest absolute Gasteiger partial charge is 0.383 e. The molecule has 148 valence electrons. The van der Waals surface area contributed by atoms with Crippen LogP contribution in [-0.4, -0.2) is 57.0 Å². The van der Waals surface area contributed by atoms with Crippen LogP contribution in [-0.2, 0) is 19.4 Å². The van der Waals surface area contributed by atoms with Crippen molar-refractivity contribution in [3.8, 4) is 11.1 Å². The van der Waals surface area contributed by atoms with Gasteiger partial charge in [-0.2, -0.15) is 0 Å². The van der Waals surface area contributed by atoms with Crippen LogP contribution in [0.1, 0.15) is 12.0 Å². The third-order valence-corrected chi connectivity index (χ3v) is 6.63. The molecule has 2 aromatic rings. The van der Waals surface area contributed by atoms with Crippen LogP contribution < -0.4 is 0 Å². The molecule has 1 heterocycles. The molecular formula is C22H25NO4S. The van der Waals surface area contributed by atoms with Gasteiger partial charge in [0.15, 0.2) is 9.84 Å². The van der Waals surface area contributed by atoms with E-state index in [4.69, 9.17) is 4.74 Å². The molecule has 0 aliphatic carbocycles. The maximum absolute atomic E-state index is 12.8. The second-order valence-corrected chi connectivity index (χ2v) is 9.13. The number of benzene rings is 2. The molecule has 3 rings (SSSR count). The zero-order valence-corrected chi connectivity index (χ0v) is 16.8. The van der Waals surface area contributed by atoms with Crippen LogP contribution in [0.25, 0.3) is 17.2 Å². The molecule has 6 heteroatoms. The first-order valence-electron chi connectivity index (χ1n) is 9.32. The van der Waals surface area contributed by atoms with Crippen molar-refractivity contribution in [1.29, 1.82) is 0 Å². The lowest BCUT2D eigenvalue weighted by Crippen LogP contribution is -2.42. The molecule has 1 aliphatic heterocycles. The number of hydrogen-bond donors (Lipinski definition) is 0. The number of sulfone groups is 1. The lowest BCUT2D eigenvalue weighted by Gasteiger charge is -2.26. The van der Waals surface area contributed by atoms with Gasteiger partial charge < -0.3 is 9.64 Å². The summed E-state index contributed by atoms with van der Waals surface area (Å²) in [4.78, 5) is 14.4. The van der Waals surface area contributed by atoms with Crippen LogP contribution in [0.3, 0.4) is 0 Å². The van der Waals surface area contributed by atoms with Gasteiger partial charge in [-0.1, -0.05) is 48.5 Å². The van der Waals surface area contributed by atoms with Crippen molar-refractivity contribution in [1.82, 2.24) is 4.90 Å². The third kappa shape index (κ3) is 5.30. The van der Waals surface area contributed by atoms with Crippen LogP contribution in [0.5, 0.6) is 0 Å². The van der Waals surface area contributed by atoms with Gasteiger partial charge >= 0.3 is 0 Å². The Labute approximate surface area is 166 Å². The van der Waals surface area contributed by atoms with E-state index in [2.05, 4.69) is 0 Å². The van der Waals surface area contributed by atoms with Crippen molar-refractivity contribution < 1.29 is 17.9 Å². The minimum Gasteiger partial charge on any atom is -0.383 e. The Balaban J connectivity index is 1.75. The first kappa shape index (κ1) is 20.3. The summed E-state index contributed by atoms with van der Waals surface area (Å²) in [6.07, 6.45) is 3.78. The molecule has 0 saturated carbocycles. The number of ether oxygens (including phenoxy) is 1. The van der Waals surface area contributed by atoms with Crippen molar-refractivity contribution in [2.24, 2.45) is 0 Å². The Morgan fingerprint density at radius 3 is 2.57 bits per heavy atom. The smallest absolute Gasteiger partial charge is 0.246 e. The fraction of sp³-hybridized carbons (Fsp3) is 0.318. The Kier molecular flexibility index (Phi) is 6.65. The number of rotatable bonds is 7. The molecule has 28 heavy (non-hydrogen) atoms. The first-order chi connectivity index (χ1) is 13.5. The number of nitrogens with zero attached hydrogens (tertiary/aromatic N) is 1. The Bertz CT molecular complexity index is 938.